The van der Waals surface area contributed by atoms with E-state index in [1.54, 1.807) is 12.1 Å². The van der Waals surface area contributed by atoms with E-state index >= 15 is 0 Å². The topological polar surface area (TPSA) is 55.4 Å². The highest BCUT2D eigenvalue weighted by Crippen LogP contribution is 2.29. The number of hydrogen-bond donors (Lipinski definition) is 1. The molecular formula is C22H22F3NO3. The number of nitrogens with one attached hydrogen (secondary N) is 1. The Morgan fingerprint density at radius 2 is 1.86 bits per heavy atom. The van der Waals surface area contributed by atoms with Gasteiger partial charge in [0.15, 0.2) is 6.61 Å². The molecule has 0 spiro atoms. The summed E-state index contributed by atoms with van der Waals surface area (Å²) in [6, 6.07) is 11.9. The quantitative estimate of drug-likeness (QED) is 0.495. The first-order chi connectivity index (χ1) is 13.7. The van der Waals surface area contributed by atoms with Crippen molar-refractivity contribution in [3.05, 3.63) is 71.3 Å². The average molecular weight is 405 g/mol. The van der Waals surface area contributed by atoms with Crippen LogP contribution >= 0.6 is 0 Å². The van der Waals surface area contributed by atoms with Crippen LogP contribution in [0.2, 0.25) is 0 Å². The molecular weight excluding hydrogens is 383 g/mol. The van der Waals surface area contributed by atoms with E-state index in [1.165, 1.54) is 18.2 Å². The van der Waals surface area contributed by atoms with Crippen molar-refractivity contribution in [2.75, 3.05) is 11.9 Å². The number of esters is 1. The maximum Gasteiger partial charge on any atom is 0.416 e. The molecule has 0 aromatic heterocycles. The minimum Gasteiger partial charge on any atom is -0.452 e. The van der Waals surface area contributed by atoms with Crippen molar-refractivity contribution in [3.8, 4) is 0 Å². The molecule has 29 heavy (non-hydrogen) atoms. The Kier molecular flexibility index (Phi) is 7.59. The summed E-state index contributed by atoms with van der Waals surface area (Å²) in [7, 11) is 0. The van der Waals surface area contributed by atoms with Gasteiger partial charge in [-0.15, -0.1) is 0 Å². The number of benzene rings is 2. The molecule has 0 radical (unpaired) electrons. The predicted octanol–water partition coefficient (Wildman–Crippen LogP) is 5.41. The van der Waals surface area contributed by atoms with Gasteiger partial charge in [-0.25, -0.2) is 4.79 Å². The number of anilines is 1. The minimum absolute atomic E-state index is 0.198. The van der Waals surface area contributed by atoms with Gasteiger partial charge in [0.2, 0.25) is 0 Å². The zero-order valence-corrected chi connectivity index (χ0v) is 16.1. The first-order valence-corrected chi connectivity index (χ1v) is 9.11. The van der Waals surface area contributed by atoms with Gasteiger partial charge in [0.05, 0.1) is 5.56 Å². The Bertz CT molecular complexity index is 891. The van der Waals surface area contributed by atoms with Gasteiger partial charge in [0.25, 0.3) is 5.91 Å². The number of amides is 1. The second-order valence-corrected chi connectivity index (χ2v) is 6.51. The van der Waals surface area contributed by atoms with Crippen LogP contribution in [-0.2, 0) is 20.5 Å². The zero-order chi connectivity index (χ0) is 21.4. The van der Waals surface area contributed by atoms with Gasteiger partial charge in [-0.05, 0) is 47.7 Å². The normalized spacial score (nSPS) is 12.6. The first kappa shape index (κ1) is 22.2. The summed E-state index contributed by atoms with van der Waals surface area (Å²) in [5.41, 5.74) is 1.03. The number of para-hydroxylation sites is 1. The van der Waals surface area contributed by atoms with Crippen LogP contribution in [-0.4, -0.2) is 18.5 Å². The molecule has 0 unspecified atom stereocenters. The van der Waals surface area contributed by atoms with E-state index < -0.39 is 30.2 Å². The Morgan fingerprint density at radius 1 is 1.14 bits per heavy atom. The summed E-state index contributed by atoms with van der Waals surface area (Å²) in [5, 5.41) is 2.71. The smallest absolute Gasteiger partial charge is 0.416 e. The third-order valence-corrected chi connectivity index (χ3v) is 4.35. The Labute approximate surface area is 167 Å². The SMILES string of the molecule is CC[C@H](C)c1ccccc1NC(=O)COC(=O)/C=C/c1cccc(C(F)(F)F)c1. The molecule has 1 N–H and O–H groups in total. The van der Waals surface area contributed by atoms with Crippen molar-refractivity contribution < 1.29 is 27.5 Å². The van der Waals surface area contributed by atoms with E-state index in [-0.39, 0.29) is 11.5 Å². The fourth-order valence-corrected chi connectivity index (χ4v) is 2.61. The van der Waals surface area contributed by atoms with Gasteiger partial charge < -0.3 is 10.1 Å². The molecule has 0 heterocycles. The maximum absolute atomic E-state index is 12.7. The van der Waals surface area contributed by atoms with Gasteiger partial charge in [0, 0.05) is 11.8 Å². The maximum atomic E-state index is 12.7. The highest BCUT2D eigenvalue weighted by molar-refractivity contribution is 5.95. The highest BCUT2D eigenvalue weighted by Gasteiger charge is 2.30. The summed E-state index contributed by atoms with van der Waals surface area (Å²) in [6.07, 6.45) is -1.38. The fraction of sp³-hybridized carbons (Fsp3) is 0.273. The van der Waals surface area contributed by atoms with Gasteiger partial charge in [0.1, 0.15) is 0 Å². The number of halogens is 3. The van der Waals surface area contributed by atoms with Crippen LogP contribution in [0, 0.1) is 0 Å². The highest BCUT2D eigenvalue weighted by atomic mass is 19.4. The van der Waals surface area contributed by atoms with Crippen LogP contribution in [0.5, 0.6) is 0 Å². The van der Waals surface area contributed by atoms with Crippen molar-refractivity contribution in [2.24, 2.45) is 0 Å². The predicted molar refractivity (Wildman–Crippen MR) is 105 cm³/mol. The number of alkyl halides is 3. The van der Waals surface area contributed by atoms with E-state index in [1.807, 2.05) is 26.0 Å². The van der Waals surface area contributed by atoms with Gasteiger partial charge in [-0.1, -0.05) is 44.2 Å². The standard InChI is InChI=1S/C22H22F3NO3/c1-3-15(2)18-9-4-5-10-19(18)26-20(27)14-29-21(28)12-11-16-7-6-8-17(13-16)22(23,24)25/h4-13,15H,3,14H2,1-2H3,(H,26,27)/b12-11+/t15-/m0/s1. The van der Waals surface area contributed by atoms with E-state index in [2.05, 4.69) is 5.32 Å². The molecule has 7 heteroatoms. The average Bonchev–Trinajstić information content (AvgIpc) is 2.70. The van der Waals surface area contributed by atoms with Crippen molar-refractivity contribution >= 4 is 23.6 Å². The van der Waals surface area contributed by atoms with Crippen molar-refractivity contribution in [3.63, 3.8) is 0 Å². The molecule has 154 valence electrons. The third-order valence-electron chi connectivity index (χ3n) is 4.35. The molecule has 2 aromatic rings. The lowest BCUT2D eigenvalue weighted by molar-refractivity contribution is -0.142. The Balaban J connectivity index is 1.91. The molecule has 0 saturated carbocycles. The number of carbonyl (C=O) groups excluding carboxylic acids is 2. The molecule has 0 aliphatic rings. The molecule has 0 aliphatic carbocycles. The molecule has 2 aromatic carbocycles. The minimum atomic E-state index is -4.46. The van der Waals surface area contributed by atoms with Crippen molar-refractivity contribution in [1.29, 1.82) is 0 Å². The van der Waals surface area contributed by atoms with Crippen LogP contribution in [0.1, 0.15) is 42.9 Å². The molecule has 4 nitrogen and oxygen atoms in total. The zero-order valence-electron chi connectivity index (χ0n) is 16.1. The lowest BCUT2D eigenvalue weighted by atomic mass is 9.97. The van der Waals surface area contributed by atoms with Crippen LogP contribution < -0.4 is 5.32 Å². The third kappa shape index (κ3) is 6.78. The van der Waals surface area contributed by atoms with Crippen molar-refractivity contribution in [1.82, 2.24) is 0 Å². The molecule has 1 atom stereocenters. The summed E-state index contributed by atoms with van der Waals surface area (Å²) in [4.78, 5) is 23.8. The first-order valence-electron chi connectivity index (χ1n) is 9.11. The monoisotopic (exact) mass is 405 g/mol. The van der Waals surface area contributed by atoms with Crippen molar-refractivity contribution in [2.45, 2.75) is 32.4 Å². The van der Waals surface area contributed by atoms with Gasteiger partial charge >= 0.3 is 12.1 Å². The summed E-state index contributed by atoms with van der Waals surface area (Å²) in [6.45, 7) is 3.59. The molecule has 0 fully saturated rings. The van der Waals surface area contributed by atoms with Crippen LogP contribution in [0.4, 0.5) is 18.9 Å². The summed E-state index contributed by atoms with van der Waals surface area (Å²) in [5.74, 6) is -1.07. The number of rotatable bonds is 7. The second kappa shape index (κ2) is 9.91. The molecule has 2 rings (SSSR count). The number of hydrogen-bond acceptors (Lipinski definition) is 3. The van der Waals surface area contributed by atoms with E-state index in [9.17, 15) is 22.8 Å². The van der Waals surface area contributed by atoms with E-state index in [0.29, 0.717) is 5.69 Å². The number of ether oxygens (including phenoxy) is 1. The number of carbonyl (C=O) groups is 2. The molecule has 1 amide bonds. The van der Waals surface area contributed by atoms with Gasteiger partial charge in [-0.3, -0.25) is 4.79 Å². The molecule has 0 bridgehead atoms. The van der Waals surface area contributed by atoms with Crippen LogP contribution in [0.3, 0.4) is 0 Å². The largest absolute Gasteiger partial charge is 0.452 e. The fourth-order valence-electron chi connectivity index (χ4n) is 2.61. The Morgan fingerprint density at radius 3 is 2.55 bits per heavy atom. The van der Waals surface area contributed by atoms with E-state index in [4.69, 9.17) is 4.74 Å². The van der Waals surface area contributed by atoms with Crippen LogP contribution in [0.15, 0.2) is 54.6 Å². The summed E-state index contributed by atoms with van der Waals surface area (Å²) < 4.78 is 43.0. The lowest BCUT2D eigenvalue weighted by Crippen LogP contribution is -2.21. The Hall–Kier alpha value is -3.09. The van der Waals surface area contributed by atoms with Gasteiger partial charge in [-0.2, -0.15) is 13.2 Å². The second-order valence-electron chi connectivity index (χ2n) is 6.51. The lowest BCUT2D eigenvalue weighted by Gasteiger charge is -2.15. The van der Waals surface area contributed by atoms with Crippen LogP contribution in [0.25, 0.3) is 6.08 Å². The molecule has 0 saturated heterocycles. The summed E-state index contributed by atoms with van der Waals surface area (Å²) >= 11 is 0. The van der Waals surface area contributed by atoms with E-state index in [0.717, 1.165) is 30.2 Å². The molecule has 0 aliphatic heterocycles.